The maximum Gasteiger partial charge on any atom is 0.156 e. The molecular formula is C21H23FN6O. The number of hydrogen-bond donors (Lipinski definition) is 4. The molecule has 2 aromatic carbocycles. The Bertz CT molecular complexity index is 1120. The number of likely N-dealkylation sites (N-methyl/N-ethyl adjacent to an activating group) is 1. The molecule has 1 fully saturated rings. The smallest absolute Gasteiger partial charge is 0.156 e. The van der Waals surface area contributed by atoms with E-state index >= 15 is 0 Å². The standard InChI is InChI=1S/C21H23FN6O/c1-27-7-9-28(10-8-27)12-5-6-14-16(11-12)25-20(24-14)18-19(23)17-13(22)3-2-4-15(17)26-21(18)29/h2-6,11,21,26,29H,7-10,23H2,1H3,(H,24,25). The van der Waals surface area contributed by atoms with Crippen molar-refractivity contribution in [3.8, 4) is 0 Å². The van der Waals surface area contributed by atoms with Crippen LogP contribution in [-0.2, 0) is 0 Å². The minimum Gasteiger partial charge on any atom is -0.398 e. The maximum absolute atomic E-state index is 14.4. The van der Waals surface area contributed by atoms with E-state index in [-0.39, 0.29) is 11.3 Å². The highest BCUT2D eigenvalue weighted by Gasteiger charge is 2.29. The van der Waals surface area contributed by atoms with E-state index in [2.05, 4.69) is 44.3 Å². The van der Waals surface area contributed by atoms with Crippen LogP contribution in [0.25, 0.3) is 22.3 Å². The summed E-state index contributed by atoms with van der Waals surface area (Å²) in [4.78, 5) is 12.5. The number of halogens is 1. The molecule has 3 heterocycles. The molecule has 0 aliphatic carbocycles. The average Bonchev–Trinajstić information content (AvgIpc) is 3.11. The van der Waals surface area contributed by atoms with Crippen LogP contribution in [0.4, 0.5) is 15.8 Å². The fourth-order valence-electron chi connectivity index (χ4n) is 4.06. The van der Waals surface area contributed by atoms with Gasteiger partial charge in [0.25, 0.3) is 0 Å². The number of aliphatic hydroxyl groups is 1. The molecule has 8 heteroatoms. The van der Waals surface area contributed by atoms with Crippen LogP contribution in [0.1, 0.15) is 11.4 Å². The molecule has 7 nitrogen and oxygen atoms in total. The lowest BCUT2D eigenvalue weighted by atomic mass is 9.98. The van der Waals surface area contributed by atoms with Gasteiger partial charge in [-0.05, 0) is 37.4 Å². The molecule has 0 saturated carbocycles. The van der Waals surface area contributed by atoms with Crippen molar-refractivity contribution >= 4 is 33.7 Å². The molecule has 3 aromatic rings. The first-order valence-electron chi connectivity index (χ1n) is 9.68. The lowest BCUT2D eigenvalue weighted by molar-refractivity contribution is 0.260. The number of nitrogens with zero attached hydrogens (tertiary/aromatic N) is 3. The molecule has 5 N–H and O–H groups in total. The van der Waals surface area contributed by atoms with E-state index < -0.39 is 12.0 Å². The molecule has 5 rings (SSSR count). The first-order chi connectivity index (χ1) is 14.0. The summed E-state index contributed by atoms with van der Waals surface area (Å²) in [5.74, 6) is -0.00713. The molecule has 150 valence electrons. The van der Waals surface area contributed by atoms with Crippen LogP contribution >= 0.6 is 0 Å². The van der Waals surface area contributed by atoms with E-state index in [1.54, 1.807) is 12.1 Å². The van der Waals surface area contributed by atoms with Gasteiger partial charge in [0, 0.05) is 37.6 Å². The van der Waals surface area contributed by atoms with Crippen molar-refractivity contribution in [2.75, 3.05) is 43.4 Å². The first-order valence-corrected chi connectivity index (χ1v) is 9.68. The maximum atomic E-state index is 14.4. The second-order valence-electron chi connectivity index (χ2n) is 7.61. The molecule has 2 aliphatic rings. The SMILES string of the molecule is CN1CCN(c2ccc3nc(C4=C(N)c5c(F)cccc5NC4O)[nH]c3c2)CC1. The van der Waals surface area contributed by atoms with Crippen LogP contribution < -0.4 is 16.0 Å². The summed E-state index contributed by atoms with van der Waals surface area (Å²) in [6.45, 7) is 4.00. The number of H-pyrrole nitrogens is 1. The highest BCUT2D eigenvalue weighted by atomic mass is 19.1. The number of nitrogens with two attached hydrogens (primary N) is 1. The zero-order valence-corrected chi connectivity index (χ0v) is 16.1. The summed E-state index contributed by atoms with van der Waals surface area (Å²) in [5.41, 5.74) is 10.3. The van der Waals surface area contributed by atoms with Gasteiger partial charge in [0.2, 0.25) is 0 Å². The average molecular weight is 394 g/mol. The van der Waals surface area contributed by atoms with E-state index in [1.165, 1.54) is 6.07 Å². The molecule has 2 aliphatic heterocycles. The van der Waals surface area contributed by atoms with E-state index in [9.17, 15) is 9.50 Å². The van der Waals surface area contributed by atoms with E-state index in [4.69, 9.17) is 5.73 Å². The second kappa shape index (κ2) is 6.75. The third-order valence-corrected chi connectivity index (χ3v) is 5.73. The third kappa shape index (κ3) is 3.01. The van der Waals surface area contributed by atoms with Crippen molar-refractivity contribution in [2.24, 2.45) is 5.73 Å². The van der Waals surface area contributed by atoms with Gasteiger partial charge in [-0.3, -0.25) is 0 Å². The Morgan fingerprint density at radius 1 is 1.17 bits per heavy atom. The number of hydrogen-bond acceptors (Lipinski definition) is 6. The molecule has 1 saturated heterocycles. The van der Waals surface area contributed by atoms with Crippen molar-refractivity contribution < 1.29 is 9.50 Å². The predicted octanol–water partition coefficient (Wildman–Crippen LogP) is 2.02. The number of imidazole rings is 1. The quantitative estimate of drug-likeness (QED) is 0.532. The number of rotatable bonds is 2. The lowest BCUT2D eigenvalue weighted by Crippen LogP contribution is -2.44. The third-order valence-electron chi connectivity index (χ3n) is 5.73. The zero-order chi connectivity index (χ0) is 20.1. The van der Waals surface area contributed by atoms with Gasteiger partial charge in [0.15, 0.2) is 6.23 Å². The number of nitrogens with one attached hydrogen (secondary N) is 2. The lowest BCUT2D eigenvalue weighted by Gasteiger charge is -2.34. The molecule has 0 amide bonds. The normalized spacial score (nSPS) is 20.1. The van der Waals surface area contributed by atoms with Gasteiger partial charge in [0.1, 0.15) is 11.6 Å². The molecule has 0 radical (unpaired) electrons. The Hall–Kier alpha value is -3.10. The van der Waals surface area contributed by atoms with Gasteiger partial charge in [-0.15, -0.1) is 0 Å². The van der Waals surface area contributed by atoms with Crippen molar-refractivity contribution in [2.45, 2.75) is 6.23 Å². The van der Waals surface area contributed by atoms with Crippen LogP contribution in [-0.4, -0.2) is 59.4 Å². The largest absolute Gasteiger partial charge is 0.398 e. The number of anilines is 2. The summed E-state index contributed by atoms with van der Waals surface area (Å²) in [6.07, 6.45) is -1.08. The molecule has 1 aromatic heterocycles. The minimum absolute atomic E-state index is 0.183. The minimum atomic E-state index is -1.08. The Balaban J connectivity index is 1.55. The van der Waals surface area contributed by atoms with Gasteiger partial charge in [0.05, 0.1) is 27.9 Å². The molecule has 1 unspecified atom stereocenters. The molecule has 29 heavy (non-hydrogen) atoms. The van der Waals surface area contributed by atoms with Crippen molar-refractivity contribution in [3.05, 3.63) is 53.6 Å². The zero-order valence-electron chi connectivity index (χ0n) is 16.1. The monoisotopic (exact) mass is 394 g/mol. The van der Waals surface area contributed by atoms with Crippen molar-refractivity contribution in [1.82, 2.24) is 14.9 Å². The number of aliphatic hydroxyl groups excluding tert-OH is 1. The summed E-state index contributed by atoms with van der Waals surface area (Å²) < 4.78 is 14.4. The number of fused-ring (bicyclic) bond motifs is 2. The predicted molar refractivity (Wildman–Crippen MR) is 113 cm³/mol. The first kappa shape index (κ1) is 18.0. The number of benzene rings is 2. The Morgan fingerprint density at radius 2 is 1.97 bits per heavy atom. The summed E-state index contributed by atoms with van der Waals surface area (Å²) >= 11 is 0. The molecule has 1 atom stereocenters. The Morgan fingerprint density at radius 3 is 2.76 bits per heavy atom. The van der Waals surface area contributed by atoms with Gasteiger partial charge in [-0.25, -0.2) is 9.37 Å². The topological polar surface area (TPSA) is 93.4 Å². The fraction of sp³-hybridized carbons (Fsp3) is 0.286. The van der Waals surface area contributed by atoms with E-state index in [0.717, 1.165) is 42.9 Å². The Kier molecular flexibility index (Phi) is 4.18. The van der Waals surface area contributed by atoms with E-state index in [1.807, 2.05) is 6.07 Å². The molecule has 0 bridgehead atoms. The van der Waals surface area contributed by atoms with Crippen LogP contribution in [0.5, 0.6) is 0 Å². The Labute approximate surface area is 167 Å². The van der Waals surface area contributed by atoms with Crippen LogP contribution in [0.15, 0.2) is 36.4 Å². The van der Waals surface area contributed by atoms with Gasteiger partial charge in [-0.1, -0.05) is 6.07 Å². The van der Waals surface area contributed by atoms with Gasteiger partial charge < -0.3 is 30.9 Å². The molecule has 0 spiro atoms. The number of aromatic amines is 1. The van der Waals surface area contributed by atoms with Crippen molar-refractivity contribution in [3.63, 3.8) is 0 Å². The number of piperazine rings is 1. The highest BCUT2D eigenvalue weighted by Crippen LogP contribution is 2.36. The summed E-state index contributed by atoms with van der Waals surface area (Å²) in [6, 6.07) is 10.7. The fourth-order valence-corrected chi connectivity index (χ4v) is 4.06. The van der Waals surface area contributed by atoms with E-state index in [0.29, 0.717) is 17.1 Å². The summed E-state index contributed by atoms with van der Waals surface area (Å²) in [7, 11) is 2.13. The number of aromatic nitrogens is 2. The van der Waals surface area contributed by atoms with Crippen molar-refractivity contribution in [1.29, 1.82) is 0 Å². The van der Waals surface area contributed by atoms with Gasteiger partial charge in [-0.2, -0.15) is 0 Å². The van der Waals surface area contributed by atoms with Crippen LogP contribution in [0.3, 0.4) is 0 Å². The van der Waals surface area contributed by atoms with Gasteiger partial charge >= 0.3 is 0 Å². The highest BCUT2D eigenvalue weighted by molar-refractivity contribution is 5.98. The van der Waals surface area contributed by atoms with Crippen LogP contribution in [0.2, 0.25) is 0 Å². The summed E-state index contributed by atoms with van der Waals surface area (Å²) in [5, 5.41) is 13.5. The van der Waals surface area contributed by atoms with Crippen LogP contribution in [0, 0.1) is 5.82 Å². The second-order valence-corrected chi connectivity index (χ2v) is 7.61. The molecular weight excluding hydrogens is 371 g/mol.